The quantitative estimate of drug-likeness (QED) is 0.550. The second kappa shape index (κ2) is 10.0. The van der Waals surface area contributed by atoms with Crippen LogP contribution in [0.4, 0.5) is 5.69 Å². The summed E-state index contributed by atoms with van der Waals surface area (Å²) in [6.07, 6.45) is 4.08. The summed E-state index contributed by atoms with van der Waals surface area (Å²) >= 11 is 0. The van der Waals surface area contributed by atoms with E-state index < -0.39 is 5.41 Å². The van der Waals surface area contributed by atoms with E-state index in [1.807, 2.05) is 57.2 Å². The fraction of sp³-hybridized carbons (Fsp3) is 0.269. The summed E-state index contributed by atoms with van der Waals surface area (Å²) in [4.78, 5) is 32.9. The highest BCUT2D eigenvalue weighted by molar-refractivity contribution is 5.93. The van der Waals surface area contributed by atoms with Crippen LogP contribution in [0, 0.1) is 23.7 Å². The van der Waals surface area contributed by atoms with Crippen molar-refractivity contribution in [3.8, 4) is 28.5 Å². The third-order valence-corrected chi connectivity index (χ3v) is 5.39. The molecule has 33 heavy (non-hydrogen) atoms. The molecular weight excluding hydrogens is 414 g/mol. The zero-order valence-electron chi connectivity index (χ0n) is 19.3. The Morgan fingerprint density at radius 1 is 1.03 bits per heavy atom. The van der Waals surface area contributed by atoms with Gasteiger partial charge in [-0.25, -0.2) is 0 Å². The first-order valence-corrected chi connectivity index (χ1v) is 10.7. The third kappa shape index (κ3) is 6.01. The van der Waals surface area contributed by atoms with Crippen molar-refractivity contribution in [1.29, 1.82) is 5.26 Å². The van der Waals surface area contributed by atoms with Gasteiger partial charge in [-0.3, -0.25) is 19.6 Å². The van der Waals surface area contributed by atoms with Gasteiger partial charge in [0, 0.05) is 37.1 Å². The number of pyridine rings is 2. The van der Waals surface area contributed by atoms with Crippen molar-refractivity contribution in [2.75, 3.05) is 12.4 Å². The largest absolute Gasteiger partial charge is 0.354 e. The van der Waals surface area contributed by atoms with Crippen LogP contribution in [0.3, 0.4) is 0 Å². The van der Waals surface area contributed by atoms with E-state index in [1.165, 1.54) is 0 Å². The first-order chi connectivity index (χ1) is 15.7. The highest BCUT2D eigenvalue weighted by atomic mass is 16.2. The number of aromatic nitrogens is 2. The summed E-state index contributed by atoms with van der Waals surface area (Å²) in [5.41, 5.74) is 4.94. The first-order valence-electron chi connectivity index (χ1n) is 10.7. The van der Waals surface area contributed by atoms with Gasteiger partial charge >= 0.3 is 0 Å². The molecule has 1 aromatic carbocycles. The minimum Gasteiger partial charge on any atom is -0.354 e. The molecule has 2 N–H and O–H groups in total. The number of hydrogen-bond acceptors (Lipinski definition) is 5. The van der Waals surface area contributed by atoms with E-state index >= 15 is 0 Å². The van der Waals surface area contributed by atoms with Crippen molar-refractivity contribution >= 4 is 17.5 Å². The third-order valence-electron chi connectivity index (χ3n) is 5.39. The van der Waals surface area contributed by atoms with Gasteiger partial charge in [-0.1, -0.05) is 6.07 Å². The molecule has 0 atom stereocenters. The van der Waals surface area contributed by atoms with E-state index in [-0.39, 0.29) is 18.2 Å². The van der Waals surface area contributed by atoms with Crippen LogP contribution in [0.2, 0.25) is 0 Å². The first kappa shape index (κ1) is 23.6. The van der Waals surface area contributed by atoms with E-state index in [4.69, 9.17) is 5.26 Å². The highest BCUT2D eigenvalue weighted by Gasteiger charge is 2.18. The molecule has 0 aliphatic carbocycles. The van der Waals surface area contributed by atoms with E-state index in [0.717, 1.165) is 22.3 Å². The maximum atomic E-state index is 12.4. The fourth-order valence-corrected chi connectivity index (χ4v) is 3.31. The Labute approximate surface area is 193 Å². The molecule has 7 nitrogen and oxygen atoms in total. The van der Waals surface area contributed by atoms with Crippen LogP contribution in [-0.2, 0) is 4.79 Å². The van der Waals surface area contributed by atoms with E-state index in [1.54, 1.807) is 25.5 Å². The number of rotatable bonds is 7. The monoisotopic (exact) mass is 441 g/mol. The van der Waals surface area contributed by atoms with Gasteiger partial charge in [0.2, 0.25) is 5.91 Å². The molecule has 0 saturated carbocycles. The van der Waals surface area contributed by atoms with Gasteiger partial charge in [-0.05, 0) is 80.3 Å². The number of nitriles is 1. The molecule has 0 aliphatic heterocycles. The second-order valence-corrected chi connectivity index (χ2v) is 8.51. The zero-order valence-corrected chi connectivity index (χ0v) is 19.3. The SMILES string of the molecule is CNC(=O)c1cc(-c2cc(-c3cc(NC(=O)CCC(C)(C)C#N)ccc3C)ccn2)ccn1. The average Bonchev–Trinajstić information content (AvgIpc) is 2.83. The van der Waals surface area contributed by atoms with Crippen LogP contribution in [-0.4, -0.2) is 28.8 Å². The molecule has 2 aromatic heterocycles. The fourth-order valence-electron chi connectivity index (χ4n) is 3.31. The van der Waals surface area contributed by atoms with Gasteiger partial charge in [0.15, 0.2) is 0 Å². The number of hydrogen-bond donors (Lipinski definition) is 2. The summed E-state index contributed by atoms with van der Waals surface area (Å²) in [6, 6.07) is 15.4. The maximum Gasteiger partial charge on any atom is 0.269 e. The van der Waals surface area contributed by atoms with Crippen molar-refractivity contribution in [3.63, 3.8) is 0 Å². The lowest BCUT2D eigenvalue weighted by atomic mass is 9.89. The van der Waals surface area contributed by atoms with Crippen LogP contribution in [0.5, 0.6) is 0 Å². The summed E-state index contributed by atoms with van der Waals surface area (Å²) in [5.74, 6) is -0.382. The lowest BCUT2D eigenvalue weighted by Gasteiger charge is -2.15. The van der Waals surface area contributed by atoms with Crippen molar-refractivity contribution in [3.05, 3.63) is 66.1 Å². The minimum absolute atomic E-state index is 0.123. The Kier molecular flexibility index (Phi) is 7.19. The number of nitrogens with zero attached hydrogens (tertiary/aromatic N) is 3. The molecular formula is C26H27N5O2. The van der Waals surface area contributed by atoms with Crippen LogP contribution >= 0.6 is 0 Å². The van der Waals surface area contributed by atoms with Gasteiger partial charge in [0.1, 0.15) is 5.69 Å². The normalized spacial score (nSPS) is 10.9. The van der Waals surface area contributed by atoms with Crippen molar-refractivity contribution < 1.29 is 9.59 Å². The van der Waals surface area contributed by atoms with Gasteiger partial charge < -0.3 is 10.6 Å². The van der Waals surface area contributed by atoms with Crippen LogP contribution < -0.4 is 10.6 Å². The van der Waals surface area contributed by atoms with Crippen molar-refractivity contribution in [1.82, 2.24) is 15.3 Å². The van der Waals surface area contributed by atoms with Crippen LogP contribution in [0.1, 0.15) is 42.7 Å². The zero-order chi connectivity index (χ0) is 24.0. The van der Waals surface area contributed by atoms with Gasteiger partial charge in [-0.15, -0.1) is 0 Å². The van der Waals surface area contributed by atoms with E-state index in [2.05, 4.69) is 26.7 Å². The molecule has 0 bridgehead atoms. The van der Waals surface area contributed by atoms with Gasteiger partial charge in [-0.2, -0.15) is 5.26 Å². The molecule has 0 unspecified atom stereocenters. The average molecular weight is 442 g/mol. The molecule has 0 spiro atoms. The Balaban J connectivity index is 1.85. The molecule has 0 radical (unpaired) electrons. The van der Waals surface area contributed by atoms with Crippen LogP contribution in [0.15, 0.2) is 54.9 Å². The lowest BCUT2D eigenvalue weighted by Crippen LogP contribution is -2.19. The predicted molar refractivity (Wildman–Crippen MR) is 128 cm³/mol. The van der Waals surface area contributed by atoms with Crippen molar-refractivity contribution in [2.45, 2.75) is 33.6 Å². The lowest BCUT2D eigenvalue weighted by molar-refractivity contribution is -0.116. The summed E-state index contributed by atoms with van der Waals surface area (Å²) in [7, 11) is 1.56. The highest BCUT2D eigenvalue weighted by Crippen LogP contribution is 2.30. The molecule has 2 heterocycles. The minimum atomic E-state index is -0.534. The van der Waals surface area contributed by atoms with Crippen LogP contribution in [0.25, 0.3) is 22.4 Å². The smallest absolute Gasteiger partial charge is 0.269 e. The summed E-state index contributed by atoms with van der Waals surface area (Å²) < 4.78 is 0. The Morgan fingerprint density at radius 3 is 2.48 bits per heavy atom. The van der Waals surface area contributed by atoms with Crippen molar-refractivity contribution in [2.24, 2.45) is 5.41 Å². The maximum absolute atomic E-state index is 12.4. The molecule has 168 valence electrons. The van der Waals surface area contributed by atoms with Gasteiger partial charge in [0.05, 0.1) is 17.2 Å². The molecule has 2 amide bonds. The molecule has 0 fully saturated rings. The molecule has 3 rings (SSSR count). The number of aryl methyl sites for hydroxylation is 1. The topological polar surface area (TPSA) is 108 Å². The number of nitrogens with one attached hydrogen (secondary N) is 2. The second-order valence-electron chi connectivity index (χ2n) is 8.51. The standard InChI is InChI=1S/C26H27N5O2/c1-17-5-6-20(31-24(32)7-10-26(2,3)16-27)15-21(17)18-8-11-29-22(13-18)19-9-12-30-23(14-19)25(33)28-4/h5-6,8-9,11-15H,7,10H2,1-4H3,(H,28,33)(H,31,32). The molecule has 0 saturated heterocycles. The van der Waals surface area contributed by atoms with E-state index in [0.29, 0.717) is 23.5 Å². The Hall–Kier alpha value is -4.05. The number of amides is 2. The van der Waals surface area contributed by atoms with Gasteiger partial charge in [0.25, 0.3) is 5.91 Å². The molecule has 7 heteroatoms. The summed E-state index contributed by atoms with van der Waals surface area (Å²) in [5, 5.41) is 14.6. The predicted octanol–water partition coefficient (Wildman–Crippen LogP) is 4.75. The Morgan fingerprint density at radius 2 is 1.76 bits per heavy atom. The number of benzene rings is 1. The molecule has 0 aliphatic rings. The Bertz CT molecular complexity index is 1230. The molecule has 3 aromatic rings. The number of carbonyl (C=O) groups excluding carboxylic acids is 2. The number of carbonyl (C=O) groups is 2. The van der Waals surface area contributed by atoms with E-state index in [9.17, 15) is 9.59 Å². The number of anilines is 1. The summed E-state index contributed by atoms with van der Waals surface area (Å²) in [6.45, 7) is 5.66.